The molecule has 0 aromatic heterocycles. The van der Waals surface area contributed by atoms with Crippen LogP contribution in [0.1, 0.15) is 239 Å². The summed E-state index contributed by atoms with van der Waals surface area (Å²) in [5.74, 6) is -0.913. The third-order valence-electron chi connectivity index (χ3n) is 10.3. The molecular formula is C51H90O6. The second-order valence-corrected chi connectivity index (χ2v) is 16.0. The molecule has 0 N–H and O–H groups in total. The molecule has 6 nitrogen and oxygen atoms in total. The van der Waals surface area contributed by atoms with Crippen molar-refractivity contribution in [1.29, 1.82) is 0 Å². The van der Waals surface area contributed by atoms with Gasteiger partial charge in [0.05, 0.1) is 0 Å². The Bertz CT molecular complexity index is 1010. The fourth-order valence-corrected chi connectivity index (χ4v) is 6.61. The van der Waals surface area contributed by atoms with E-state index in [-0.39, 0.29) is 31.1 Å². The van der Waals surface area contributed by atoms with E-state index in [2.05, 4.69) is 69.4 Å². The van der Waals surface area contributed by atoms with Crippen molar-refractivity contribution in [3.8, 4) is 0 Å². The van der Waals surface area contributed by atoms with Crippen molar-refractivity contribution in [2.45, 2.75) is 245 Å². The van der Waals surface area contributed by atoms with Crippen LogP contribution in [-0.2, 0) is 28.6 Å². The van der Waals surface area contributed by atoms with Gasteiger partial charge in [0.25, 0.3) is 0 Å². The van der Waals surface area contributed by atoms with E-state index in [9.17, 15) is 14.4 Å². The summed E-state index contributed by atoms with van der Waals surface area (Å²) < 4.78 is 16.7. The monoisotopic (exact) mass is 799 g/mol. The number of allylic oxidation sites excluding steroid dienone is 8. The van der Waals surface area contributed by atoms with Gasteiger partial charge in [0, 0.05) is 19.3 Å². The van der Waals surface area contributed by atoms with Crippen molar-refractivity contribution >= 4 is 17.9 Å². The molecule has 0 saturated carbocycles. The van der Waals surface area contributed by atoms with E-state index in [1.54, 1.807) is 0 Å². The lowest BCUT2D eigenvalue weighted by Crippen LogP contribution is -2.30. The number of ether oxygens (including phenoxy) is 3. The van der Waals surface area contributed by atoms with Gasteiger partial charge in [-0.25, -0.2) is 0 Å². The highest BCUT2D eigenvalue weighted by molar-refractivity contribution is 5.71. The molecule has 6 heteroatoms. The van der Waals surface area contributed by atoms with E-state index in [0.29, 0.717) is 19.3 Å². The Kier molecular flexibility index (Phi) is 43.9. The summed E-state index contributed by atoms with van der Waals surface area (Å²) >= 11 is 0. The molecule has 57 heavy (non-hydrogen) atoms. The van der Waals surface area contributed by atoms with Crippen LogP contribution in [0.15, 0.2) is 48.6 Å². The normalized spacial score (nSPS) is 12.4. The van der Waals surface area contributed by atoms with Crippen LogP contribution in [0, 0.1) is 0 Å². The number of carbonyl (C=O) groups excluding carboxylic acids is 3. The molecule has 0 aromatic rings. The molecule has 0 radical (unpaired) electrons. The average Bonchev–Trinajstić information content (AvgIpc) is 3.21. The highest BCUT2D eigenvalue weighted by atomic mass is 16.6. The van der Waals surface area contributed by atoms with Gasteiger partial charge in [-0.05, 0) is 77.0 Å². The van der Waals surface area contributed by atoms with E-state index in [4.69, 9.17) is 14.2 Å². The Morgan fingerprint density at radius 1 is 0.351 bits per heavy atom. The van der Waals surface area contributed by atoms with Gasteiger partial charge in [0.2, 0.25) is 0 Å². The molecule has 0 rings (SSSR count). The molecule has 0 heterocycles. The number of esters is 3. The zero-order valence-corrected chi connectivity index (χ0v) is 37.6. The summed E-state index contributed by atoms with van der Waals surface area (Å²) in [7, 11) is 0. The summed E-state index contributed by atoms with van der Waals surface area (Å²) in [6, 6.07) is 0. The van der Waals surface area contributed by atoms with Gasteiger partial charge < -0.3 is 14.2 Å². The van der Waals surface area contributed by atoms with Gasteiger partial charge in [-0.15, -0.1) is 0 Å². The Balaban J connectivity index is 4.39. The quantitative estimate of drug-likeness (QED) is 0.0265. The van der Waals surface area contributed by atoms with E-state index in [0.717, 1.165) is 96.3 Å². The molecule has 0 bridgehead atoms. The molecule has 0 aliphatic heterocycles. The van der Waals surface area contributed by atoms with Crippen LogP contribution in [0.2, 0.25) is 0 Å². The number of unbranched alkanes of at least 4 members (excludes halogenated alkanes) is 24. The standard InChI is InChI=1S/C51H90O6/c1-4-7-10-13-16-19-22-23-24-25-26-27-30-32-35-38-41-44-50(53)56-47-48(57-51(54)45-42-39-36-33-29-21-18-15-12-9-6-3)46-55-49(52)43-40-37-34-31-28-20-17-14-11-8-5-2/h15-16,18-19,23-24,26-27,48H,4-14,17,20-22,25,28-47H2,1-3H3/b18-15-,19-16-,24-23-,27-26-/t48-/m1/s1. The minimum atomic E-state index is -0.782. The third kappa shape index (κ3) is 44.3. The van der Waals surface area contributed by atoms with Crippen molar-refractivity contribution < 1.29 is 28.6 Å². The highest BCUT2D eigenvalue weighted by Crippen LogP contribution is 2.14. The van der Waals surface area contributed by atoms with Crippen LogP contribution < -0.4 is 0 Å². The molecule has 0 amide bonds. The van der Waals surface area contributed by atoms with Gasteiger partial charge >= 0.3 is 17.9 Å². The second-order valence-electron chi connectivity index (χ2n) is 16.0. The van der Waals surface area contributed by atoms with Gasteiger partial charge in [-0.3, -0.25) is 14.4 Å². The molecular weight excluding hydrogens is 709 g/mol. The van der Waals surface area contributed by atoms with E-state index < -0.39 is 6.10 Å². The highest BCUT2D eigenvalue weighted by Gasteiger charge is 2.19. The summed E-state index contributed by atoms with van der Waals surface area (Å²) in [6.45, 7) is 6.53. The van der Waals surface area contributed by atoms with Crippen LogP contribution in [0.25, 0.3) is 0 Å². The van der Waals surface area contributed by atoms with Crippen LogP contribution in [-0.4, -0.2) is 37.2 Å². The first-order valence-corrected chi connectivity index (χ1v) is 24.1. The predicted octanol–water partition coefficient (Wildman–Crippen LogP) is 15.5. The molecule has 0 aliphatic rings. The summed E-state index contributed by atoms with van der Waals surface area (Å²) in [4.78, 5) is 37.8. The first-order chi connectivity index (χ1) is 28.0. The van der Waals surface area contributed by atoms with E-state index >= 15 is 0 Å². The van der Waals surface area contributed by atoms with Crippen molar-refractivity contribution in [2.24, 2.45) is 0 Å². The smallest absolute Gasteiger partial charge is 0.306 e. The summed E-state index contributed by atoms with van der Waals surface area (Å²) in [5.41, 5.74) is 0. The molecule has 330 valence electrons. The van der Waals surface area contributed by atoms with Gasteiger partial charge in [0.15, 0.2) is 6.10 Å². The zero-order valence-electron chi connectivity index (χ0n) is 37.6. The molecule has 0 unspecified atom stereocenters. The SMILES string of the molecule is CCCC/C=C\CCCCCCCC(=O)O[C@@H](COC(=O)CCCCCC/C=C\C/C=C\C/C=C\CCCCC)COC(=O)CCCCCCCCCCCCC. The van der Waals surface area contributed by atoms with Crippen molar-refractivity contribution in [3.05, 3.63) is 48.6 Å². The Morgan fingerprint density at radius 2 is 0.649 bits per heavy atom. The average molecular weight is 799 g/mol. The van der Waals surface area contributed by atoms with E-state index in [1.807, 2.05) is 0 Å². The maximum atomic E-state index is 12.7. The van der Waals surface area contributed by atoms with Crippen molar-refractivity contribution in [1.82, 2.24) is 0 Å². The second kappa shape index (κ2) is 46.1. The maximum Gasteiger partial charge on any atom is 0.306 e. The van der Waals surface area contributed by atoms with Crippen LogP contribution in [0.3, 0.4) is 0 Å². The van der Waals surface area contributed by atoms with E-state index in [1.165, 1.54) is 103 Å². The molecule has 1 atom stereocenters. The van der Waals surface area contributed by atoms with Crippen molar-refractivity contribution in [3.63, 3.8) is 0 Å². The first kappa shape index (κ1) is 54.4. The fraction of sp³-hybridized carbons (Fsp3) is 0.784. The first-order valence-electron chi connectivity index (χ1n) is 24.1. The molecule has 0 aliphatic carbocycles. The number of rotatable bonds is 43. The Hall–Kier alpha value is -2.63. The largest absolute Gasteiger partial charge is 0.462 e. The summed E-state index contributed by atoms with van der Waals surface area (Å²) in [5, 5.41) is 0. The maximum absolute atomic E-state index is 12.7. The Labute approximate surface area is 352 Å². The summed E-state index contributed by atoms with van der Waals surface area (Å²) in [6.07, 6.45) is 53.7. The lowest BCUT2D eigenvalue weighted by molar-refractivity contribution is -0.167. The minimum Gasteiger partial charge on any atom is -0.462 e. The van der Waals surface area contributed by atoms with Crippen LogP contribution >= 0.6 is 0 Å². The van der Waals surface area contributed by atoms with Crippen LogP contribution in [0.5, 0.6) is 0 Å². The zero-order chi connectivity index (χ0) is 41.5. The lowest BCUT2D eigenvalue weighted by atomic mass is 10.1. The molecule has 0 saturated heterocycles. The number of carbonyl (C=O) groups is 3. The molecule has 0 spiro atoms. The predicted molar refractivity (Wildman–Crippen MR) is 242 cm³/mol. The van der Waals surface area contributed by atoms with Gasteiger partial charge in [0.1, 0.15) is 13.2 Å². The van der Waals surface area contributed by atoms with Crippen molar-refractivity contribution in [2.75, 3.05) is 13.2 Å². The lowest BCUT2D eigenvalue weighted by Gasteiger charge is -2.18. The van der Waals surface area contributed by atoms with Gasteiger partial charge in [-0.1, -0.05) is 191 Å². The third-order valence-corrected chi connectivity index (χ3v) is 10.3. The topological polar surface area (TPSA) is 78.9 Å². The Morgan fingerprint density at radius 3 is 1.09 bits per heavy atom. The fourth-order valence-electron chi connectivity index (χ4n) is 6.61. The van der Waals surface area contributed by atoms with Crippen LogP contribution in [0.4, 0.5) is 0 Å². The molecule has 0 aromatic carbocycles. The van der Waals surface area contributed by atoms with Gasteiger partial charge in [-0.2, -0.15) is 0 Å². The number of hydrogen-bond acceptors (Lipinski definition) is 6. The minimum absolute atomic E-state index is 0.0822. The number of hydrogen-bond donors (Lipinski definition) is 0. The molecule has 0 fully saturated rings.